The van der Waals surface area contributed by atoms with Gasteiger partial charge in [-0.1, -0.05) is 42.0 Å². The molecule has 2 heterocycles. The van der Waals surface area contributed by atoms with Gasteiger partial charge in [-0.05, 0) is 26.0 Å². The Kier molecular flexibility index (Phi) is 4.31. The maximum atomic E-state index is 12.5. The SMILES string of the molecule is CCOc1cccc2cc(-c3nc(-c4ccc(C)cc4)cs3)c(=O)oc12. The van der Waals surface area contributed by atoms with Crippen LogP contribution in [0.1, 0.15) is 12.5 Å². The van der Waals surface area contributed by atoms with Crippen molar-refractivity contribution in [2.75, 3.05) is 6.61 Å². The van der Waals surface area contributed by atoms with Gasteiger partial charge in [-0.15, -0.1) is 11.3 Å². The van der Waals surface area contributed by atoms with Crippen LogP contribution in [-0.4, -0.2) is 11.6 Å². The molecule has 0 unspecified atom stereocenters. The molecule has 5 heteroatoms. The number of ether oxygens (including phenoxy) is 1. The lowest BCUT2D eigenvalue weighted by Gasteiger charge is -2.06. The molecule has 4 aromatic rings. The van der Waals surface area contributed by atoms with Gasteiger partial charge in [-0.2, -0.15) is 0 Å². The van der Waals surface area contributed by atoms with Gasteiger partial charge < -0.3 is 9.15 Å². The van der Waals surface area contributed by atoms with Crippen LogP contribution in [0.25, 0.3) is 32.8 Å². The molecule has 0 aliphatic carbocycles. The van der Waals surface area contributed by atoms with Crippen LogP contribution >= 0.6 is 11.3 Å². The summed E-state index contributed by atoms with van der Waals surface area (Å²) < 4.78 is 11.1. The predicted molar refractivity (Wildman–Crippen MR) is 105 cm³/mol. The third kappa shape index (κ3) is 3.02. The van der Waals surface area contributed by atoms with Crippen molar-refractivity contribution in [3.63, 3.8) is 0 Å². The minimum atomic E-state index is -0.408. The summed E-state index contributed by atoms with van der Waals surface area (Å²) in [5, 5.41) is 3.43. The molecule has 4 rings (SSSR count). The van der Waals surface area contributed by atoms with Crippen molar-refractivity contribution in [3.8, 4) is 27.6 Å². The summed E-state index contributed by atoms with van der Waals surface area (Å²) in [5.41, 5.74) is 3.61. The predicted octanol–water partition coefficient (Wildman–Crippen LogP) is 5.29. The number of fused-ring (bicyclic) bond motifs is 1. The summed E-state index contributed by atoms with van der Waals surface area (Å²) in [6, 6.07) is 15.6. The van der Waals surface area contributed by atoms with Crippen molar-refractivity contribution < 1.29 is 9.15 Å². The minimum Gasteiger partial charge on any atom is -0.490 e. The molecule has 0 N–H and O–H groups in total. The lowest BCUT2D eigenvalue weighted by Crippen LogP contribution is -2.03. The molecule has 2 aromatic carbocycles. The fourth-order valence-electron chi connectivity index (χ4n) is 2.79. The fraction of sp³-hybridized carbons (Fsp3) is 0.143. The molecule has 0 saturated carbocycles. The first kappa shape index (κ1) is 16.5. The van der Waals surface area contributed by atoms with E-state index in [-0.39, 0.29) is 0 Å². The molecule has 0 aliphatic heterocycles. The van der Waals surface area contributed by atoms with Crippen LogP contribution in [0.2, 0.25) is 0 Å². The standard InChI is InChI=1S/C21H17NO3S/c1-3-24-18-6-4-5-15-11-16(21(23)25-19(15)18)20-22-17(12-26-20)14-9-7-13(2)8-10-14/h4-12H,3H2,1-2H3. The Hall–Kier alpha value is -2.92. The van der Waals surface area contributed by atoms with Crippen LogP contribution in [0.15, 0.2) is 63.1 Å². The number of thiazole rings is 1. The second-order valence-electron chi connectivity index (χ2n) is 5.96. The Morgan fingerprint density at radius 1 is 1.15 bits per heavy atom. The van der Waals surface area contributed by atoms with E-state index in [1.54, 1.807) is 6.07 Å². The first-order valence-corrected chi connectivity index (χ1v) is 9.26. The number of benzene rings is 2. The topological polar surface area (TPSA) is 52.3 Å². The van der Waals surface area contributed by atoms with E-state index in [4.69, 9.17) is 9.15 Å². The summed E-state index contributed by atoms with van der Waals surface area (Å²) in [7, 11) is 0. The van der Waals surface area contributed by atoms with Gasteiger partial charge in [0.25, 0.3) is 0 Å². The van der Waals surface area contributed by atoms with Gasteiger partial charge in [-0.3, -0.25) is 0 Å². The molecular weight excluding hydrogens is 346 g/mol. The third-order valence-corrected chi connectivity index (χ3v) is 4.98. The molecule has 0 radical (unpaired) electrons. The van der Waals surface area contributed by atoms with Crippen LogP contribution in [0.5, 0.6) is 5.75 Å². The summed E-state index contributed by atoms with van der Waals surface area (Å²) in [6.07, 6.45) is 0. The highest BCUT2D eigenvalue weighted by molar-refractivity contribution is 7.13. The average molecular weight is 363 g/mol. The molecule has 0 amide bonds. The molecule has 2 aromatic heterocycles. The van der Waals surface area contributed by atoms with Crippen LogP contribution in [-0.2, 0) is 0 Å². The number of aryl methyl sites for hydroxylation is 1. The Morgan fingerprint density at radius 3 is 2.73 bits per heavy atom. The van der Waals surface area contributed by atoms with Gasteiger partial charge in [0.05, 0.1) is 17.9 Å². The van der Waals surface area contributed by atoms with Crippen molar-refractivity contribution in [3.05, 3.63) is 69.9 Å². The Labute approximate surface area is 154 Å². The van der Waals surface area contributed by atoms with E-state index in [0.29, 0.717) is 28.5 Å². The molecule has 0 aliphatic rings. The summed E-state index contributed by atoms with van der Waals surface area (Å²) in [5.74, 6) is 0.577. The van der Waals surface area contributed by atoms with Crippen molar-refractivity contribution >= 4 is 22.3 Å². The molecule has 0 bridgehead atoms. The molecule has 130 valence electrons. The number of para-hydroxylation sites is 1. The zero-order chi connectivity index (χ0) is 18.1. The average Bonchev–Trinajstić information content (AvgIpc) is 3.12. The van der Waals surface area contributed by atoms with Gasteiger partial charge in [-0.25, -0.2) is 9.78 Å². The molecule has 0 spiro atoms. The molecule has 4 nitrogen and oxygen atoms in total. The molecule has 0 saturated heterocycles. The monoisotopic (exact) mass is 363 g/mol. The second kappa shape index (κ2) is 6.77. The number of hydrogen-bond acceptors (Lipinski definition) is 5. The maximum Gasteiger partial charge on any atom is 0.346 e. The lowest BCUT2D eigenvalue weighted by molar-refractivity contribution is 0.337. The molecule has 0 fully saturated rings. The van der Waals surface area contributed by atoms with E-state index in [1.165, 1.54) is 16.9 Å². The smallest absolute Gasteiger partial charge is 0.346 e. The number of hydrogen-bond donors (Lipinski definition) is 0. The van der Waals surface area contributed by atoms with E-state index < -0.39 is 5.63 Å². The van der Waals surface area contributed by atoms with Crippen LogP contribution < -0.4 is 10.4 Å². The zero-order valence-corrected chi connectivity index (χ0v) is 15.3. The van der Waals surface area contributed by atoms with E-state index in [9.17, 15) is 4.79 Å². The highest BCUT2D eigenvalue weighted by Gasteiger charge is 2.14. The number of nitrogens with zero attached hydrogens (tertiary/aromatic N) is 1. The Bertz CT molecular complexity index is 1130. The second-order valence-corrected chi connectivity index (χ2v) is 6.82. The quantitative estimate of drug-likeness (QED) is 0.462. The normalized spacial score (nSPS) is 11.0. The zero-order valence-electron chi connectivity index (χ0n) is 14.5. The largest absolute Gasteiger partial charge is 0.490 e. The Morgan fingerprint density at radius 2 is 1.96 bits per heavy atom. The van der Waals surface area contributed by atoms with E-state index in [2.05, 4.69) is 4.98 Å². The van der Waals surface area contributed by atoms with Gasteiger partial charge in [0.2, 0.25) is 0 Å². The third-order valence-electron chi connectivity index (χ3n) is 4.11. The van der Waals surface area contributed by atoms with E-state index >= 15 is 0 Å². The van der Waals surface area contributed by atoms with E-state index in [1.807, 2.05) is 61.7 Å². The highest BCUT2D eigenvalue weighted by atomic mass is 32.1. The summed E-state index contributed by atoms with van der Waals surface area (Å²) in [4.78, 5) is 17.2. The van der Waals surface area contributed by atoms with Gasteiger partial charge >= 0.3 is 5.63 Å². The van der Waals surface area contributed by atoms with E-state index in [0.717, 1.165) is 16.6 Å². The molecular formula is C21H17NO3S. The Balaban J connectivity index is 1.79. The van der Waals surface area contributed by atoms with Gasteiger partial charge in [0.15, 0.2) is 11.3 Å². The van der Waals surface area contributed by atoms with Crippen molar-refractivity contribution in [1.82, 2.24) is 4.98 Å². The molecule has 0 atom stereocenters. The van der Waals surface area contributed by atoms with Gasteiger partial charge in [0, 0.05) is 16.3 Å². The van der Waals surface area contributed by atoms with Gasteiger partial charge in [0.1, 0.15) is 5.01 Å². The maximum absolute atomic E-state index is 12.5. The highest BCUT2D eigenvalue weighted by Crippen LogP contribution is 2.31. The summed E-state index contributed by atoms with van der Waals surface area (Å²) >= 11 is 1.44. The van der Waals surface area contributed by atoms with Crippen molar-refractivity contribution in [1.29, 1.82) is 0 Å². The number of rotatable bonds is 4. The van der Waals surface area contributed by atoms with Crippen LogP contribution in [0.3, 0.4) is 0 Å². The number of aromatic nitrogens is 1. The molecule has 26 heavy (non-hydrogen) atoms. The van der Waals surface area contributed by atoms with Crippen molar-refractivity contribution in [2.24, 2.45) is 0 Å². The summed E-state index contributed by atoms with van der Waals surface area (Å²) in [6.45, 7) is 4.46. The first-order valence-electron chi connectivity index (χ1n) is 8.38. The van der Waals surface area contributed by atoms with Crippen LogP contribution in [0.4, 0.5) is 0 Å². The fourth-order valence-corrected chi connectivity index (χ4v) is 3.62. The lowest BCUT2D eigenvalue weighted by atomic mass is 10.1. The first-order chi connectivity index (χ1) is 12.7. The van der Waals surface area contributed by atoms with Crippen LogP contribution in [0, 0.1) is 6.92 Å². The minimum absolute atomic E-state index is 0.408. The van der Waals surface area contributed by atoms with Crippen molar-refractivity contribution in [2.45, 2.75) is 13.8 Å².